The molecule has 9 heteroatoms. The van der Waals surface area contributed by atoms with Crippen LogP contribution in [0.5, 0.6) is 17.2 Å². The number of benzene rings is 3. The van der Waals surface area contributed by atoms with Crippen molar-refractivity contribution in [1.29, 1.82) is 0 Å². The second-order valence-corrected chi connectivity index (χ2v) is 9.01. The SMILES string of the molecule is COc1cccc(/C=N\NC(=O)[C@H](C)N(c2ccc(Oc3ccccc3)cc2)S(C)(=O)=O)c1. The van der Waals surface area contributed by atoms with Crippen LogP contribution in [0.4, 0.5) is 5.69 Å². The molecule has 3 rings (SSSR count). The monoisotopic (exact) mass is 467 g/mol. The molecule has 0 aliphatic carbocycles. The van der Waals surface area contributed by atoms with Gasteiger partial charge in [-0.3, -0.25) is 9.10 Å². The molecule has 0 radical (unpaired) electrons. The van der Waals surface area contributed by atoms with E-state index in [0.717, 1.165) is 16.1 Å². The van der Waals surface area contributed by atoms with E-state index in [2.05, 4.69) is 10.5 Å². The first kappa shape index (κ1) is 23.8. The number of hydrogen-bond acceptors (Lipinski definition) is 6. The third kappa shape index (κ3) is 6.56. The van der Waals surface area contributed by atoms with Gasteiger partial charge in [0, 0.05) is 0 Å². The fraction of sp³-hybridized carbons (Fsp3) is 0.167. The number of carbonyl (C=O) groups excluding carboxylic acids is 1. The Kier molecular flexibility index (Phi) is 7.68. The lowest BCUT2D eigenvalue weighted by atomic mass is 10.2. The molecule has 3 aromatic rings. The quantitative estimate of drug-likeness (QED) is 0.381. The smallest absolute Gasteiger partial charge is 0.263 e. The molecule has 0 unspecified atom stereocenters. The molecular weight excluding hydrogens is 442 g/mol. The average Bonchev–Trinajstić information content (AvgIpc) is 2.80. The van der Waals surface area contributed by atoms with E-state index in [0.29, 0.717) is 22.9 Å². The normalized spacial score (nSPS) is 12.2. The molecule has 0 saturated carbocycles. The second-order valence-electron chi connectivity index (χ2n) is 7.15. The number of methoxy groups -OCH3 is 1. The van der Waals surface area contributed by atoms with Crippen molar-refractivity contribution in [1.82, 2.24) is 5.43 Å². The molecule has 0 aliphatic rings. The number of carbonyl (C=O) groups is 1. The number of rotatable bonds is 9. The number of nitrogens with zero attached hydrogens (tertiary/aromatic N) is 2. The van der Waals surface area contributed by atoms with Crippen molar-refractivity contribution in [3.8, 4) is 17.2 Å². The van der Waals surface area contributed by atoms with Crippen LogP contribution in [-0.4, -0.2) is 39.9 Å². The highest BCUT2D eigenvalue weighted by Crippen LogP contribution is 2.26. The number of anilines is 1. The van der Waals surface area contributed by atoms with Crippen molar-refractivity contribution in [3.63, 3.8) is 0 Å². The molecule has 0 bridgehead atoms. The second kappa shape index (κ2) is 10.6. The highest BCUT2D eigenvalue weighted by molar-refractivity contribution is 7.92. The first-order valence-corrected chi connectivity index (χ1v) is 11.9. The molecule has 0 heterocycles. The van der Waals surface area contributed by atoms with Crippen molar-refractivity contribution in [3.05, 3.63) is 84.4 Å². The van der Waals surface area contributed by atoms with Gasteiger partial charge in [0.25, 0.3) is 5.91 Å². The molecule has 172 valence electrons. The molecule has 3 aromatic carbocycles. The average molecular weight is 468 g/mol. The van der Waals surface area contributed by atoms with Crippen molar-refractivity contribution < 1.29 is 22.7 Å². The fourth-order valence-corrected chi connectivity index (χ4v) is 4.26. The number of hydrazone groups is 1. The third-order valence-corrected chi connectivity index (χ3v) is 5.88. The molecule has 33 heavy (non-hydrogen) atoms. The Morgan fingerprint density at radius 3 is 2.24 bits per heavy atom. The first-order valence-electron chi connectivity index (χ1n) is 10.1. The Morgan fingerprint density at radius 1 is 0.970 bits per heavy atom. The lowest BCUT2D eigenvalue weighted by Gasteiger charge is -2.27. The zero-order chi connectivity index (χ0) is 23.8. The van der Waals surface area contributed by atoms with Gasteiger partial charge in [0.05, 0.1) is 25.3 Å². The molecule has 0 aromatic heterocycles. The lowest BCUT2D eigenvalue weighted by molar-refractivity contribution is -0.121. The summed E-state index contributed by atoms with van der Waals surface area (Å²) in [4.78, 5) is 12.6. The van der Waals surface area contributed by atoms with Crippen LogP contribution in [0, 0.1) is 0 Å². The van der Waals surface area contributed by atoms with Crippen LogP contribution in [0.15, 0.2) is 84.0 Å². The zero-order valence-electron chi connectivity index (χ0n) is 18.5. The van der Waals surface area contributed by atoms with E-state index in [1.54, 1.807) is 55.6 Å². The minimum Gasteiger partial charge on any atom is -0.497 e. The van der Waals surface area contributed by atoms with Crippen LogP contribution >= 0.6 is 0 Å². The summed E-state index contributed by atoms with van der Waals surface area (Å²) in [6.45, 7) is 1.49. The van der Waals surface area contributed by atoms with Gasteiger partial charge in [0.15, 0.2) is 0 Å². The summed E-state index contributed by atoms with van der Waals surface area (Å²) in [6.07, 6.45) is 2.50. The van der Waals surface area contributed by atoms with E-state index in [-0.39, 0.29) is 0 Å². The van der Waals surface area contributed by atoms with Gasteiger partial charge in [-0.1, -0.05) is 30.3 Å². The predicted octanol–water partition coefficient (Wildman–Crippen LogP) is 3.79. The minimum atomic E-state index is -3.76. The summed E-state index contributed by atoms with van der Waals surface area (Å²) in [5.41, 5.74) is 3.44. The number of hydrogen-bond donors (Lipinski definition) is 1. The Morgan fingerprint density at radius 2 is 1.61 bits per heavy atom. The minimum absolute atomic E-state index is 0.331. The van der Waals surface area contributed by atoms with Crippen LogP contribution in [0.25, 0.3) is 0 Å². The van der Waals surface area contributed by atoms with Crippen molar-refractivity contribution >= 4 is 27.8 Å². The van der Waals surface area contributed by atoms with E-state index >= 15 is 0 Å². The van der Waals surface area contributed by atoms with Gasteiger partial charge < -0.3 is 9.47 Å². The molecule has 0 fully saturated rings. The van der Waals surface area contributed by atoms with E-state index in [4.69, 9.17) is 9.47 Å². The van der Waals surface area contributed by atoms with E-state index in [1.165, 1.54) is 13.1 Å². The number of ether oxygens (including phenoxy) is 2. The molecule has 0 spiro atoms. The van der Waals surface area contributed by atoms with Crippen molar-refractivity contribution in [2.75, 3.05) is 17.7 Å². The molecule has 0 aliphatic heterocycles. The summed E-state index contributed by atoms with van der Waals surface area (Å²) >= 11 is 0. The topological polar surface area (TPSA) is 97.3 Å². The molecule has 1 atom stereocenters. The van der Waals surface area contributed by atoms with Crippen LogP contribution in [0.3, 0.4) is 0 Å². The Balaban J connectivity index is 1.72. The lowest BCUT2D eigenvalue weighted by Crippen LogP contribution is -2.46. The zero-order valence-corrected chi connectivity index (χ0v) is 19.3. The van der Waals surface area contributed by atoms with Crippen molar-refractivity contribution in [2.45, 2.75) is 13.0 Å². The maximum Gasteiger partial charge on any atom is 0.263 e. The van der Waals surface area contributed by atoms with Gasteiger partial charge in [-0.2, -0.15) is 5.10 Å². The Hall–Kier alpha value is -3.85. The molecule has 8 nitrogen and oxygen atoms in total. The molecule has 0 saturated heterocycles. The van der Waals surface area contributed by atoms with Crippen LogP contribution in [-0.2, 0) is 14.8 Å². The van der Waals surface area contributed by atoms with Crippen LogP contribution in [0.2, 0.25) is 0 Å². The van der Waals surface area contributed by atoms with Crippen LogP contribution < -0.4 is 19.2 Å². The van der Waals surface area contributed by atoms with Gasteiger partial charge in [-0.05, 0) is 61.0 Å². The van der Waals surface area contributed by atoms with Gasteiger partial charge in [0.1, 0.15) is 23.3 Å². The third-order valence-electron chi connectivity index (χ3n) is 4.64. The number of nitrogens with one attached hydrogen (secondary N) is 1. The summed E-state index contributed by atoms with van der Waals surface area (Å²) < 4.78 is 36.9. The standard InChI is InChI=1S/C24H25N3O5S/c1-18(24(28)26-25-17-19-8-7-11-23(16-19)31-2)27(33(3,29)30)20-12-14-22(15-13-20)32-21-9-5-4-6-10-21/h4-18H,1-3H3,(H,26,28)/b25-17-/t18-/m0/s1. The van der Waals surface area contributed by atoms with Crippen molar-refractivity contribution in [2.24, 2.45) is 5.10 Å². The van der Waals surface area contributed by atoms with Gasteiger partial charge in [0.2, 0.25) is 10.0 Å². The summed E-state index contributed by atoms with van der Waals surface area (Å²) in [5, 5.41) is 3.94. The summed E-state index contributed by atoms with van der Waals surface area (Å²) in [7, 11) is -2.20. The molecule has 1 amide bonds. The van der Waals surface area contributed by atoms with E-state index in [1.807, 2.05) is 30.3 Å². The largest absolute Gasteiger partial charge is 0.497 e. The summed E-state index contributed by atoms with van der Waals surface area (Å²) in [6, 6.07) is 21.8. The van der Waals surface area contributed by atoms with Gasteiger partial charge >= 0.3 is 0 Å². The highest BCUT2D eigenvalue weighted by atomic mass is 32.2. The predicted molar refractivity (Wildman–Crippen MR) is 128 cm³/mol. The number of para-hydroxylation sites is 1. The maximum absolute atomic E-state index is 12.6. The summed E-state index contributed by atoms with van der Waals surface area (Å²) in [5.74, 6) is 1.27. The number of sulfonamides is 1. The maximum atomic E-state index is 12.6. The van der Waals surface area contributed by atoms with E-state index in [9.17, 15) is 13.2 Å². The highest BCUT2D eigenvalue weighted by Gasteiger charge is 2.29. The Bertz CT molecular complexity index is 1210. The number of amides is 1. The molecular formula is C24H25N3O5S. The molecule has 1 N–H and O–H groups in total. The van der Waals surface area contributed by atoms with E-state index < -0.39 is 22.0 Å². The fourth-order valence-electron chi connectivity index (χ4n) is 3.08. The Labute approximate surface area is 193 Å². The van der Waals surface area contributed by atoms with Crippen LogP contribution in [0.1, 0.15) is 12.5 Å². The van der Waals surface area contributed by atoms with Gasteiger partial charge in [-0.15, -0.1) is 0 Å². The first-order chi connectivity index (χ1) is 15.8. The van der Waals surface area contributed by atoms with Gasteiger partial charge in [-0.25, -0.2) is 13.8 Å².